The number of halogens is 2. The molecule has 4 heteroatoms. The minimum absolute atomic E-state index is 0.144. The topological polar surface area (TPSA) is 21.3 Å². The summed E-state index contributed by atoms with van der Waals surface area (Å²) in [5, 5.41) is 4.81. The number of ether oxygens (including phenoxy) is 1. The van der Waals surface area contributed by atoms with Crippen molar-refractivity contribution in [3.63, 3.8) is 0 Å². The smallest absolute Gasteiger partial charge is 0.0587 e. The van der Waals surface area contributed by atoms with E-state index in [4.69, 9.17) is 27.9 Å². The summed E-state index contributed by atoms with van der Waals surface area (Å²) in [5.74, 6) is 0. The van der Waals surface area contributed by atoms with E-state index in [-0.39, 0.29) is 5.41 Å². The summed E-state index contributed by atoms with van der Waals surface area (Å²) >= 11 is 12.1. The first-order valence-electron chi connectivity index (χ1n) is 6.08. The Bertz CT molecular complexity index is 380. The zero-order valence-electron chi connectivity index (χ0n) is 11.2. The lowest BCUT2D eigenvalue weighted by atomic mass is 9.85. The zero-order chi connectivity index (χ0) is 13.6. The Balaban J connectivity index is 2.53. The number of methoxy groups -OCH3 is 1. The third-order valence-corrected chi connectivity index (χ3v) is 3.36. The lowest BCUT2D eigenvalue weighted by molar-refractivity contribution is 0.194. The van der Waals surface area contributed by atoms with Gasteiger partial charge in [0.1, 0.15) is 0 Å². The van der Waals surface area contributed by atoms with Crippen LogP contribution in [-0.4, -0.2) is 26.8 Å². The van der Waals surface area contributed by atoms with E-state index in [0.717, 1.165) is 36.7 Å². The standard InChI is InChI=1S/C14H21Cl2NO/c1-14(2,10-17-6-7-18-3)9-11-4-5-12(15)8-13(11)16/h4-5,8,17H,6-7,9-10H2,1-3H3. The van der Waals surface area contributed by atoms with Crippen LogP contribution in [0.4, 0.5) is 0 Å². The Labute approximate surface area is 120 Å². The molecule has 0 aliphatic heterocycles. The zero-order valence-corrected chi connectivity index (χ0v) is 12.7. The second-order valence-electron chi connectivity index (χ2n) is 5.25. The van der Waals surface area contributed by atoms with Crippen molar-refractivity contribution in [3.8, 4) is 0 Å². The fourth-order valence-electron chi connectivity index (χ4n) is 1.84. The SMILES string of the molecule is COCCNCC(C)(C)Cc1ccc(Cl)cc1Cl. The molecule has 0 spiro atoms. The molecular formula is C14H21Cl2NO. The van der Waals surface area contributed by atoms with Gasteiger partial charge in [0.25, 0.3) is 0 Å². The minimum Gasteiger partial charge on any atom is -0.383 e. The van der Waals surface area contributed by atoms with Crippen molar-refractivity contribution in [2.24, 2.45) is 5.41 Å². The maximum absolute atomic E-state index is 6.19. The highest BCUT2D eigenvalue weighted by Gasteiger charge is 2.19. The third kappa shape index (κ3) is 5.57. The summed E-state index contributed by atoms with van der Waals surface area (Å²) in [4.78, 5) is 0. The first-order valence-corrected chi connectivity index (χ1v) is 6.84. The van der Waals surface area contributed by atoms with Crippen molar-refractivity contribution in [1.82, 2.24) is 5.32 Å². The fourth-order valence-corrected chi connectivity index (χ4v) is 2.32. The van der Waals surface area contributed by atoms with Gasteiger partial charge in [0.15, 0.2) is 0 Å². The first kappa shape index (κ1) is 15.8. The molecule has 0 bridgehead atoms. The van der Waals surface area contributed by atoms with Crippen LogP contribution in [0.15, 0.2) is 18.2 Å². The van der Waals surface area contributed by atoms with E-state index in [1.165, 1.54) is 0 Å². The van der Waals surface area contributed by atoms with Crippen LogP contribution in [-0.2, 0) is 11.2 Å². The number of hydrogen-bond acceptors (Lipinski definition) is 2. The number of nitrogens with one attached hydrogen (secondary N) is 1. The van der Waals surface area contributed by atoms with Crippen molar-refractivity contribution >= 4 is 23.2 Å². The van der Waals surface area contributed by atoms with E-state index >= 15 is 0 Å². The second-order valence-corrected chi connectivity index (χ2v) is 6.09. The van der Waals surface area contributed by atoms with Gasteiger partial charge >= 0.3 is 0 Å². The molecule has 1 rings (SSSR count). The molecule has 18 heavy (non-hydrogen) atoms. The van der Waals surface area contributed by atoms with E-state index in [1.54, 1.807) is 13.2 Å². The van der Waals surface area contributed by atoms with Gasteiger partial charge in [-0.1, -0.05) is 43.1 Å². The molecule has 0 amide bonds. The van der Waals surface area contributed by atoms with Crippen molar-refractivity contribution in [2.75, 3.05) is 26.8 Å². The molecule has 0 unspecified atom stereocenters. The Morgan fingerprint density at radius 3 is 2.61 bits per heavy atom. The summed E-state index contributed by atoms with van der Waals surface area (Å²) in [6.45, 7) is 6.97. The molecule has 1 aromatic carbocycles. The van der Waals surface area contributed by atoms with Crippen LogP contribution in [0.5, 0.6) is 0 Å². The number of hydrogen-bond donors (Lipinski definition) is 1. The Kier molecular flexibility index (Phi) is 6.44. The maximum atomic E-state index is 6.19. The lowest BCUT2D eigenvalue weighted by Crippen LogP contribution is -2.33. The van der Waals surface area contributed by atoms with Gasteiger partial charge in [-0.25, -0.2) is 0 Å². The van der Waals surface area contributed by atoms with E-state index in [1.807, 2.05) is 12.1 Å². The van der Waals surface area contributed by atoms with Gasteiger partial charge < -0.3 is 10.1 Å². The summed E-state index contributed by atoms with van der Waals surface area (Å²) in [6.07, 6.45) is 0.920. The molecule has 102 valence electrons. The van der Waals surface area contributed by atoms with Crippen LogP contribution in [0.3, 0.4) is 0 Å². The normalized spacial score (nSPS) is 11.8. The van der Waals surface area contributed by atoms with Gasteiger partial charge in [0.2, 0.25) is 0 Å². The summed E-state index contributed by atoms with van der Waals surface area (Å²) in [5.41, 5.74) is 1.28. The lowest BCUT2D eigenvalue weighted by Gasteiger charge is -2.25. The van der Waals surface area contributed by atoms with Crippen molar-refractivity contribution < 1.29 is 4.74 Å². The molecule has 2 nitrogen and oxygen atoms in total. The highest BCUT2D eigenvalue weighted by Crippen LogP contribution is 2.28. The van der Waals surface area contributed by atoms with Crippen LogP contribution in [0.1, 0.15) is 19.4 Å². The largest absolute Gasteiger partial charge is 0.383 e. The molecule has 1 N–H and O–H groups in total. The van der Waals surface area contributed by atoms with Crippen molar-refractivity contribution in [3.05, 3.63) is 33.8 Å². The molecule has 0 aliphatic carbocycles. The predicted octanol–water partition coefficient (Wildman–Crippen LogP) is 3.80. The quantitative estimate of drug-likeness (QED) is 0.771. The Morgan fingerprint density at radius 1 is 1.28 bits per heavy atom. The molecule has 0 saturated carbocycles. The van der Waals surface area contributed by atoms with Gasteiger partial charge in [-0.2, -0.15) is 0 Å². The second kappa shape index (κ2) is 7.34. The van der Waals surface area contributed by atoms with Crippen LogP contribution < -0.4 is 5.32 Å². The molecule has 0 heterocycles. The molecule has 0 atom stereocenters. The molecule has 0 fully saturated rings. The van der Waals surface area contributed by atoms with Gasteiger partial charge in [-0.15, -0.1) is 0 Å². The maximum Gasteiger partial charge on any atom is 0.0587 e. The fraction of sp³-hybridized carbons (Fsp3) is 0.571. The summed E-state index contributed by atoms with van der Waals surface area (Å²) in [6, 6.07) is 5.69. The monoisotopic (exact) mass is 289 g/mol. The van der Waals surface area contributed by atoms with Crippen molar-refractivity contribution in [1.29, 1.82) is 0 Å². The predicted molar refractivity (Wildman–Crippen MR) is 78.7 cm³/mol. The molecule has 0 radical (unpaired) electrons. The molecule has 0 saturated heterocycles. The number of benzene rings is 1. The van der Waals surface area contributed by atoms with E-state index in [9.17, 15) is 0 Å². The van der Waals surface area contributed by atoms with Gasteiger partial charge in [-0.05, 0) is 29.5 Å². The highest BCUT2D eigenvalue weighted by molar-refractivity contribution is 6.35. The third-order valence-electron chi connectivity index (χ3n) is 2.77. The average Bonchev–Trinajstić information content (AvgIpc) is 2.28. The van der Waals surface area contributed by atoms with Gasteiger partial charge in [-0.3, -0.25) is 0 Å². The number of rotatable bonds is 7. The molecular weight excluding hydrogens is 269 g/mol. The van der Waals surface area contributed by atoms with Crippen LogP contribution in [0.25, 0.3) is 0 Å². The van der Waals surface area contributed by atoms with E-state index in [0.29, 0.717) is 5.02 Å². The summed E-state index contributed by atoms with van der Waals surface area (Å²) in [7, 11) is 1.71. The minimum atomic E-state index is 0.144. The molecule has 0 aromatic heterocycles. The molecule has 1 aromatic rings. The first-order chi connectivity index (χ1) is 8.44. The van der Waals surface area contributed by atoms with Gasteiger partial charge in [0.05, 0.1) is 6.61 Å². The molecule has 0 aliphatic rings. The highest BCUT2D eigenvalue weighted by atomic mass is 35.5. The Morgan fingerprint density at radius 2 is 2.00 bits per heavy atom. The van der Waals surface area contributed by atoms with Crippen molar-refractivity contribution in [2.45, 2.75) is 20.3 Å². The van der Waals surface area contributed by atoms with E-state index < -0.39 is 0 Å². The average molecular weight is 290 g/mol. The Hall–Kier alpha value is -0.280. The van der Waals surface area contributed by atoms with Crippen LogP contribution in [0, 0.1) is 5.41 Å². The summed E-state index contributed by atoms with van der Waals surface area (Å²) < 4.78 is 5.01. The van der Waals surface area contributed by atoms with Crippen LogP contribution in [0.2, 0.25) is 10.0 Å². The van der Waals surface area contributed by atoms with Gasteiger partial charge in [0, 0.05) is 30.2 Å². The van der Waals surface area contributed by atoms with Crippen LogP contribution >= 0.6 is 23.2 Å². The van der Waals surface area contributed by atoms with E-state index in [2.05, 4.69) is 19.2 Å².